The number of aliphatic hydroxyl groups is 2. The first-order chi connectivity index (χ1) is 12.7. The molecule has 2 unspecified atom stereocenters. The summed E-state index contributed by atoms with van der Waals surface area (Å²) in [6.45, 7) is 5.32. The third-order valence-electron chi connectivity index (χ3n) is 4.17. The van der Waals surface area contributed by atoms with Crippen molar-refractivity contribution >= 4 is 28.4 Å². The van der Waals surface area contributed by atoms with Gasteiger partial charge < -0.3 is 20.8 Å². The molecule has 1 heterocycles. The van der Waals surface area contributed by atoms with E-state index in [1.165, 1.54) is 0 Å². The summed E-state index contributed by atoms with van der Waals surface area (Å²) >= 11 is 0. The standard InChI is InChI=1S/C19H26N4O4/c1-19(2,3)16(25)9-14(11-24)22-18(27)7-6-17(26)21-13-4-5-15-12(8-13)10-20-23-15/h4-8,10,14,16,24-25H,9,11H2,1-3H3,(H,20,23)(H,21,26)(H,22,27)/b7-6+. The van der Waals surface area contributed by atoms with Crippen molar-refractivity contribution in [3.63, 3.8) is 0 Å². The fourth-order valence-electron chi connectivity index (χ4n) is 2.41. The van der Waals surface area contributed by atoms with Gasteiger partial charge in [-0.2, -0.15) is 5.10 Å². The lowest BCUT2D eigenvalue weighted by Crippen LogP contribution is -2.42. The number of carbonyl (C=O) groups is 2. The predicted octanol–water partition coefficient (Wildman–Crippen LogP) is 1.33. The van der Waals surface area contributed by atoms with Crippen molar-refractivity contribution in [2.45, 2.75) is 39.3 Å². The van der Waals surface area contributed by atoms with Crippen molar-refractivity contribution in [2.75, 3.05) is 11.9 Å². The fraction of sp³-hybridized carbons (Fsp3) is 0.421. The molecule has 2 aromatic rings. The Hall–Kier alpha value is -2.71. The van der Waals surface area contributed by atoms with Gasteiger partial charge in [0.05, 0.1) is 30.5 Å². The third kappa shape index (κ3) is 6.19. The number of amides is 2. The van der Waals surface area contributed by atoms with E-state index < -0.39 is 24.0 Å². The molecule has 146 valence electrons. The molecular formula is C19H26N4O4. The molecule has 2 rings (SSSR count). The second kappa shape index (κ2) is 8.79. The van der Waals surface area contributed by atoms with Crippen molar-refractivity contribution < 1.29 is 19.8 Å². The highest BCUT2D eigenvalue weighted by Gasteiger charge is 2.25. The van der Waals surface area contributed by atoms with Crippen LogP contribution in [0.4, 0.5) is 5.69 Å². The number of H-pyrrole nitrogens is 1. The molecule has 1 aromatic carbocycles. The van der Waals surface area contributed by atoms with Crippen molar-refractivity contribution in [1.29, 1.82) is 0 Å². The zero-order valence-corrected chi connectivity index (χ0v) is 15.7. The average molecular weight is 374 g/mol. The Morgan fingerprint density at radius 1 is 1.26 bits per heavy atom. The van der Waals surface area contributed by atoms with E-state index in [-0.39, 0.29) is 18.4 Å². The minimum atomic E-state index is -0.680. The molecule has 2 atom stereocenters. The number of nitrogens with zero attached hydrogens (tertiary/aromatic N) is 1. The summed E-state index contributed by atoms with van der Waals surface area (Å²) in [5.41, 5.74) is 1.08. The molecule has 0 spiro atoms. The van der Waals surface area contributed by atoms with Crippen LogP contribution in [0.5, 0.6) is 0 Å². The first-order valence-electron chi connectivity index (χ1n) is 8.70. The van der Waals surface area contributed by atoms with Crippen LogP contribution in [0, 0.1) is 5.41 Å². The molecule has 0 saturated heterocycles. The Balaban J connectivity index is 1.87. The van der Waals surface area contributed by atoms with Gasteiger partial charge in [-0.15, -0.1) is 0 Å². The second-order valence-corrected chi connectivity index (χ2v) is 7.50. The van der Waals surface area contributed by atoms with Crippen molar-refractivity contribution in [2.24, 2.45) is 5.41 Å². The summed E-state index contributed by atoms with van der Waals surface area (Å²) in [6.07, 6.45) is 3.40. The van der Waals surface area contributed by atoms with Crippen LogP contribution in [-0.4, -0.2) is 51.0 Å². The van der Waals surface area contributed by atoms with Gasteiger partial charge in [0.15, 0.2) is 0 Å². The highest BCUT2D eigenvalue weighted by atomic mass is 16.3. The van der Waals surface area contributed by atoms with Crippen molar-refractivity contribution in [3.8, 4) is 0 Å². The number of hydrogen-bond acceptors (Lipinski definition) is 5. The van der Waals surface area contributed by atoms with Crippen molar-refractivity contribution in [1.82, 2.24) is 15.5 Å². The van der Waals surface area contributed by atoms with E-state index in [0.717, 1.165) is 23.1 Å². The number of aromatic nitrogens is 2. The largest absolute Gasteiger partial charge is 0.394 e. The summed E-state index contributed by atoms with van der Waals surface area (Å²) in [5, 5.41) is 32.3. The monoisotopic (exact) mass is 374 g/mol. The van der Waals surface area contributed by atoms with Gasteiger partial charge in [-0.05, 0) is 30.0 Å². The Labute approximate surface area is 157 Å². The number of nitrogens with one attached hydrogen (secondary N) is 3. The van der Waals surface area contributed by atoms with Crippen LogP contribution in [0.3, 0.4) is 0 Å². The maximum absolute atomic E-state index is 12.0. The summed E-state index contributed by atoms with van der Waals surface area (Å²) in [4.78, 5) is 23.9. The molecule has 0 saturated carbocycles. The molecule has 1 aromatic heterocycles. The number of carbonyl (C=O) groups excluding carboxylic acids is 2. The van der Waals surface area contributed by atoms with E-state index in [1.54, 1.807) is 24.4 Å². The van der Waals surface area contributed by atoms with E-state index in [1.807, 2.05) is 20.8 Å². The molecule has 0 bridgehead atoms. The second-order valence-electron chi connectivity index (χ2n) is 7.50. The number of benzene rings is 1. The zero-order valence-electron chi connectivity index (χ0n) is 15.7. The van der Waals surface area contributed by atoms with E-state index in [9.17, 15) is 19.8 Å². The highest BCUT2D eigenvalue weighted by Crippen LogP contribution is 2.22. The number of aromatic amines is 1. The van der Waals surface area contributed by atoms with E-state index in [0.29, 0.717) is 5.69 Å². The van der Waals surface area contributed by atoms with Gasteiger partial charge in [-0.25, -0.2) is 0 Å². The normalized spacial score (nSPS) is 14.3. The Morgan fingerprint density at radius 3 is 2.63 bits per heavy atom. The molecule has 0 aliphatic heterocycles. The molecule has 8 nitrogen and oxygen atoms in total. The molecule has 27 heavy (non-hydrogen) atoms. The van der Waals surface area contributed by atoms with Gasteiger partial charge in [0.25, 0.3) is 0 Å². The number of rotatable bonds is 7. The molecule has 0 radical (unpaired) electrons. The highest BCUT2D eigenvalue weighted by molar-refractivity contribution is 6.04. The minimum Gasteiger partial charge on any atom is -0.394 e. The van der Waals surface area contributed by atoms with Crippen LogP contribution in [0.15, 0.2) is 36.5 Å². The van der Waals surface area contributed by atoms with E-state index >= 15 is 0 Å². The van der Waals surface area contributed by atoms with Gasteiger partial charge in [0.1, 0.15) is 0 Å². The summed E-state index contributed by atoms with van der Waals surface area (Å²) in [5.74, 6) is -0.973. The smallest absolute Gasteiger partial charge is 0.248 e. The van der Waals surface area contributed by atoms with Crippen LogP contribution in [-0.2, 0) is 9.59 Å². The van der Waals surface area contributed by atoms with Crippen LogP contribution < -0.4 is 10.6 Å². The number of aliphatic hydroxyl groups excluding tert-OH is 2. The molecular weight excluding hydrogens is 348 g/mol. The Kier molecular flexibility index (Phi) is 6.70. The summed E-state index contributed by atoms with van der Waals surface area (Å²) < 4.78 is 0. The van der Waals surface area contributed by atoms with Crippen LogP contribution in [0.1, 0.15) is 27.2 Å². The Bertz CT molecular complexity index is 822. The lowest BCUT2D eigenvalue weighted by atomic mass is 9.85. The lowest BCUT2D eigenvalue weighted by molar-refractivity contribution is -0.118. The van der Waals surface area contributed by atoms with Crippen LogP contribution in [0.25, 0.3) is 10.9 Å². The number of anilines is 1. The summed E-state index contributed by atoms with van der Waals surface area (Å²) in [6, 6.07) is 4.69. The SMILES string of the molecule is CC(C)(C)C(O)CC(CO)NC(=O)/C=C/C(=O)Nc1ccc2[nH]ncc2c1. The first-order valence-corrected chi connectivity index (χ1v) is 8.70. The molecule has 5 N–H and O–H groups in total. The van der Waals surface area contributed by atoms with Gasteiger partial charge >= 0.3 is 0 Å². The minimum absolute atomic E-state index is 0.219. The van der Waals surface area contributed by atoms with Gasteiger partial charge in [-0.1, -0.05) is 20.8 Å². The topological polar surface area (TPSA) is 127 Å². The molecule has 2 amide bonds. The lowest BCUT2D eigenvalue weighted by Gasteiger charge is -2.29. The van der Waals surface area contributed by atoms with Crippen LogP contribution in [0.2, 0.25) is 0 Å². The number of fused-ring (bicyclic) bond motifs is 1. The summed E-state index contributed by atoms with van der Waals surface area (Å²) in [7, 11) is 0. The van der Waals surface area contributed by atoms with Gasteiger partial charge in [0, 0.05) is 23.2 Å². The van der Waals surface area contributed by atoms with E-state index in [2.05, 4.69) is 20.8 Å². The quantitative estimate of drug-likeness (QED) is 0.467. The average Bonchev–Trinajstić information content (AvgIpc) is 3.06. The van der Waals surface area contributed by atoms with Crippen molar-refractivity contribution in [3.05, 3.63) is 36.5 Å². The zero-order chi connectivity index (χ0) is 20.0. The number of hydrogen-bond donors (Lipinski definition) is 5. The fourth-order valence-corrected chi connectivity index (χ4v) is 2.41. The van der Waals surface area contributed by atoms with Gasteiger partial charge in [-0.3, -0.25) is 14.7 Å². The molecule has 8 heteroatoms. The third-order valence-corrected chi connectivity index (χ3v) is 4.17. The maximum atomic E-state index is 12.0. The van der Waals surface area contributed by atoms with E-state index in [4.69, 9.17) is 0 Å². The Morgan fingerprint density at radius 2 is 1.96 bits per heavy atom. The van der Waals surface area contributed by atoms with Gasteiger partial charge in [0.2, 0.25) is 11.8 Å². The predicted molar refractivity (Wildman–Crippen MR) is 103 cm³/mol. The van der Waals surface area contributed by atoms with Crippen LogP contribution >= 0.6 is 0 Å². The molecule has 0 aliphatic rings. The first kappa shape index (κ1) is 20.6. The molecule has 0 aliphatic carbocycles. The molecule has 0 fully saturated rings. The maximum Gasteiger partial charge on any atom is 0.248 e.